The molecule has 0 aromatic carbocycles. The van der Waals surface area contributed by atoms with E-state index in [1.807, 2.05) is 30.0 Å². The van der Waals surface area contributed by atoms with Gasteiger partial charge in [-0.05, 0) is 38.0 Å². The van der Waals surface area contributed by atoms with Gasteiger partial charge in [-0.3, -0.25) is 4.79 Å². The van der Waals surface area contributed by atoms with Crippen molar-refractivity contribution in [1.82, 2.24) is 9.88 Å². The quantitative estimate of drug-likeness (QED) is 0.930. The summed E-state index contributed by atoms with van der Waals surface area (Å²) in [7, 11) is 0. The average Bonchev–Trinajstić information content (AvgIpc) is 3.08. The van der Waals surface area contributed by atoms with Crippen LogP contribution in [-0.4, -0.2) is 47.6 Å². The summed E-state index contributed by atoms with van der Waals surface area (Å²) in [6.45, 7) is 3.94. The molecule has 0 radical (unpaired) electrons. The minimum absolute atomic E-state index is 0.0306. The Bertz CT molecular complexity index is 731. The first-order chi connectivity index (χ1) is 12.2. The van der Waals surface area contributed by atoms with Crippen molar-refractivity contribution in [1.29, 1.82) is 0 Å². The van der Waals surface area contributed by atoms with Crippen molar-refractivity contribution in [3.8, 4) is 0 Å². The molecule has 0 aliphatic carbocycles. The number of furan rings is 1. The number of carbonyl (C=O) groups excluding carboxylic acids is 1. The Balaban J connectivity index is 1.56. The van der Waals surface area contributed by atoms with E-state index in [1.165, 1.54) is 0 Å². The predicted octanol–water partition coefficient (Wildman–Crippen LogP) is 2.71. The van der Waals surface area contributed by atoms with Crippen molar-refractivity contribution >= 4 is 11.7 Å². The molecule has 2 aliphatic heterocycles. The Labute approximate surface area is 147 Å². The standard InChI is InChI=1S/C19H23N3O3/c1-13-15(7-10-24-13)19(23)22-11-14-5-4-9-25-18(14)16(12-22)21-17-6-2-3-8-20-17/h2-3,6-8,10,14,16,18H,4-5,9,11-12H2,1H3,(H,20,21)/t14-,16+,18-/m0/s1. The van der Waals surface area contributed by atoms with Gasteiger partial charge in [0.15, 0.2) is 0 Å². The number of anilines is 1. The minimum atomic E-state index is 0.0306. The molecular formula is C19H23N3O3. The maximum absolute atomic E-state index is 12.9. The van der Waals surface area contributed by atoms with E-state index < -0.39 is 0 Å². The summed E-state index contributed by atoms with van der Waals surface area (Å²) in [5.41, 5.74) is 0.645. The molecule has 2 aromatic heterocycles. The number of piperidine rings is 1. The van der Waals surface area contributed by atoms with Crippen LogP contribution in [0, 0.1) is 12.8 Å². The zero-order chi connectivity index (χ0) is 17.2. The Hall–Kier alpha value is -2.34. The van der Waals surface area contributed by atoms with E-state index in [4.69, 9.17) is 9.15 Å². The lowest BCUT2D eigenvalue weighted by Crippen LogP contribution is -2.59. The summed E-state index contributed by atoms with van der Waals surface area (Å²) in [5.74, 6) is 1.86. The van der Waals surface area contributed by atoms with E-state index in [0.29, 0.717) is 23.8 Å². The van der Waals surface area contributed by atoms with E-state index >= 15 is 0 Å². The number of nitrogens with zero attached hydrogens (tertiary/aromatic N) is 2. The van der Waals surface area contributed by atoms with Crippen LogP contribution in [0.1, 0.15) is 29.0 Å². The van der Waals surface area contributed by atoms with E-state index in [0.717, 1.165) is 31.8 Å². The normalized spacial score (nSPS) is 26.1. The third-order valence-electron chi connectivity index (χ3n) is 5.14. The number of amides is 1. The van der Waals surface area contributed by atoms with Crippen LogP contribution >= 0.6 is 0 Å². The number of carbonyl (C=O) groups is 1. The number of likely N-dealkylation sites (tertiary alicyclic amines) is 1. The van der Waals surface area contributed by atoms with Crippen LogP contribution in [0.15, 0.2) is 41.1 Å². The molecule has 6 nitrogen and oxygen atoms in total. The fourth-order valence-electron chi connectivity index (χ4n) is 3.91. The number of pyridine rings is 1. The van der Waals surface area contributed by atoms with E-state index in [1.54, 1.807) is 18.5 Å². The number of hydrogen-bond donors (Lipinski definition) is 1. The van der Waals surface area contributed by atoms with Gasteiger partial charge >= 0.3 is 0 Å². The first-order valence-electron chi connectivity index (χ1n) is 8.85. The highest BCUT2D eigenvalue weighted by molar-refractivity contribution is 5.95. The van der Waals surface area contributed by atoms with Crippen LogP contribution in [0.25, 0.3) is 0 Å². The molecule has 0 spiro atoms. The first-order valence-corrected chi connectivity index (χ1v) is 8.85. The third kappa shape index (κ3) is 3.26. The van der Waals surface area contributed by atoms with E-state index in [2.05, 4.69) is 10.3 Å². The maximum Gasteiger partial charge on any atom is 0.257 e. The second-order valence-corrected chi connectivity index (χ2v) is 6.80. The van der Waals surface area contributed by atoms with Gasteiger partial charge in [-0.2, -0.15) is 0 Å². The zero-order valence-electron chi connectivity index (χ0n) is 14.4. The highest BCUT2D eigenvalue weighted by Crippen LogP contribution is 2.31. The van der Waals surface area contributed by atoms with Crippen LogP contribution < -0.4 is 5.32 Å². The van der Waals surface area contributed by atoms with Crippen molar-refractivity contribution in [3.63, 3.8) is 0 Å². The number of nitrogens with one attached hydrogen (secondary N) is 1. The molecule has 0 unspecified atom stereocenters. The Morgan fingerprint density at radius 1 is 1.32 bits per heavy atom. The van der Waals surface area contributed by atoms with E-state index in [-0.39, 0.29) is 18.1 Å². The van der Waals surface area contributed by atoms with Gasteiger partial charge in [-0.1, -0.05) is 6.07 Å². The number of hydrogen-bond acceptors (Lipinski definition) is 5. The molecule has 2 aliphatic rings. The molecular weight excluding hydrogens is 318 g/mol. The van der Waals surface area contributed by atoms with Crippen molar-refractivity contribution in [3.05, 3.63) is 48.0 Å². The van der Waals surface area contributed by atoms with Crippen LogP contribution in [0.3, 0.4) is 0 Å². The van der Waals surface area contributed by atoms with Crippen molar-refractivity contribution in [2.45, 2.75) is 31.9 Å². The lowest BCUT2D eigenvalue weighted by atomic mass is 9.85. The molecule has 2 fully saturated rings. The summed E-state index contributed by atoms with van der Waals surface area (Å²) in [4.78, 5) is 19.2. The number of fused-ring (bicyclic) bond motifs is 1. The highest BCUT2D eigenvalue weighted by Gasteiger charge is 2.41. The van der Waals surface area contributed by atoms with Gasteiger partial charge in [0.1, 0.15) is 11.6 Å². The molecule has 0 saturated carbocycles. The largest absolute Gasteiger partial charge is 0.469 e. The Morgan fingerprint density at radius 3 is 3.00 bits per heavy atom. The molecule has 6 heteroatoms. The molecule has 1 N–H and O–H groups in total. The molecule has 4 heterocycles. The van der Waals surface area contributed by atoms with Gasteiger partial charge in [-0.25, -0.2) is 4.98 Å². The molecule has 2 aromatic rings. The summed E-state index contributed by atoms with van der Waals surface area (Å²) < 4.78 is 11.4. The van der Waals surface area contributed by atoms with Gasteiger partial charge in [0.25, 0.3) is 5.91 Å². The molecule has 2 saturated heterocycles. The van der Waals surface area contributed by atoms with Crippen molar-refractivity contribution in [2.24, 2.45) is 5.92 Å². The topological polar surface area (TPSA) is 67.6 Å². The fourth-order valence-corrected chi connectivity index (χ4v) is 3.91. The summed E-state index contributed by atoms with van der Waals surface area (Å²) >= 11 is 0. The summed E-state index contributed by atoms with van der Waals surface area (Å²) in [5, 5.41) is 3.47. The van der Waals surface area contributed by atoms with Crippen molar-refractivity contribution < 1.29 is 13.9 Å². The second-order valence-electron chi connectivity index (χ2n) is 6.80. The van der Waals surface area contributed by atoms with Crippen LogP contribution in [-0.2, 0) is 4.74 Å². The summed E-state index contributed by atoms with van der Waals surface area (Å²) in [6.07, 6.45) is 5.58. The van der Waals surface area contributed by atoms with E-state index in [9.17, 15) is 4.79 Å². The molecule has 4 rings (SSSR count). The minimum Gasteiger partial charge on any atom is -0.469 e. The molecule has 132 valence electrons. The highest BCUT2D eigenvalue weighted by atomic mass is 16.5. The number of aryl methyl sites for hydroxylation is 1. The zero-order valence-corrected chi connectivity index (χ0v) is 14.4. The maximum atomic E-state index is 12.9. The number of ether oxygens (including phenoxy) is 1. The van der Waals surface area contributed by atoms with Crippen LogP contribution in [0.5, 0.6) is 0 Å². The van der Waals surface area contributed by atoms with Gasteiger partial charge in [0.2, 0.25) is 0 Å². The van der Waals surface area contributed by atoms with Gasteiger partial charge in [0, 0.05) is 31.8 Å². The monoisotopic (exact) mass is 341 g/mol. The molecule has 25 heavy (non-hydrogen) atoms. The fraction of sp³-hybridized carbons (Fsp3) is 0.474. The Morgan fingerprint density at radius 2 is 2.24 bits per heavy atom. The van der Waals surface area contributed by atoms with Gasteiger partial charge in [0.05, 0.1) is 24.0 Å². The Kier molecular flexibility index (Phi) is 4.44. The van der Waals surface area contributed by atoms with Gasteiger partial charge < -0.3 is 19.4 Å². The number of rotatable bonds is 3. The van der Waals surface area contributed by atoms with Crippen LogP contribution in [0.4, 0.5) is 5.82 Å². The van der Waals surface area contributed by atoms with Gasteiger partial charge in [-0.15, -0.1) is 0 Å². The number of aromatic nitrogens is 1. The third-order valence-corrected chi connectivity index (χ3v) is 5.14. The predicted molar refractivity (Wildman–Crippen MR) is 93.5 cm³/mol. The first kappa shape index (κ1) is 16.1. The van der Waals surface area contributed by atoms with Crippen LogP contribution in [0.2, 0.25) is 0 Å². The smallest absolute Gasteiger partial charge is 0.257 e. The summed E-state index contributed by atoms with van der Waals surface area (Å²) in [6, 6.07) is 7.57. The SMILES string of the molecule is Cc1occc1C(=O)N1C[C@@H]2CCCO[C@@H]2[C@H](Nc2ccccn2)C1. The average molecular weight is 341 g/mol. The molecule has 3 atom stereocenters. The lowest BCUT2D eigenvalue weighted by molar-refractivity contribution is -0.0676. The second kappa shape index (κ2) is 6.88. The lowest BCUT2D eigenvalue weighted by Gasteiger charge is -2.46. The molecule has 0 bridgehead atoms. The molecule has 1 amide bonds. The van der Waals surface area contributed by atoms with Crippen molar-refractivity contribution in [2.75, 3.05) is 25.0 Å².